The van der Waals surface area contributed by atoms with Crippen molar-refractivity contribution in [2.24, 2.45) is 0 Å². The predicted octanol–water partition coefficient (Wildman–Crippen LogP) is 4.17. The maximum atomic E-state index is 12.1. The molecule has 0 fully saturated rings. The van der Waals surface area contributed by atoms with Crippen molar-refractivity contribution >= 4 is 16.8 Å². The summed E-state index contributed by atoms with van der Waals surface area (Å²) in [7, 11) is 1.67. The van der Waals surface area contributed by atoms with E-state index in [-0.39, 0.29) is 5.78 Å². The Morgan fingerprint density at radius 1 is 1.04 bits per heavy atom. The van der Waals surface area contributed by atoms with E-state index in [1.165, 1.54) is 0 Å². The van der Waals surface area contributed by atoms with Crippen molar-refractivity contribution in [1.29, 1.82) is 0 Å². The van der Waals surface area contributed by atoms with Gasteiger partial charge in [0.2, 0.25) is 0 Å². The second-order valence-electron chi connectivity index (χ2n) is 6.53. The average Bonchev–Trinajstić information content (AvgIpc) is 2.78. The van der Waals surface area contributed by atoms with Crippen molar-refractivity contribution in [3.8, 4) is 11.4 Å². The number of carbonyl (C=O) groups excluding carboxylic acids is 1. The fourth-order valence-corrected chi connectivity index (χ4v) is 3.49. The van der Waals surface area contributed by atoms with Gasteiger partial charge in [0.25, 0.3) is 0 Å². The molecule has 0 N–H and O–H groups in total. The number of benzene rings is 1. The Labute approximate surface area is 147 Å². The molecule has 0 unspecified atom stereocenters. The van der Waals surface area contributed by atoms with Crippen LogP contribution < -0.4 is 4.74 Å². The first-order valence-electron chi connectivity index (χ1n) is 8.29. The summed E-state index contributed by atoms with van der Waals surface area (Å²) in [5.74, 6) is 1.39. The minimum atomic E-state index is -0.0427. The topological polar surface area (TPSA) is 57.0 Å². The zero-order valence-electron chi connectivity index (χ0n) is 15.8. The second-order valence-corrected chi connectivity index (χ2v) is 6.53. The lowest BCUT2D eigenvalue weighted by atomic mass is 10.1. The molecule has 0 saturated heterocycles. The molecular weight excluding hydrogens is 314 g/mol. The summed E-state index contributed by atoms with van der Waals surface area (Å²) >= 11 is 0. The van der Waals surface area contributed by atoms with E-state index in [1.807, 2.05) is 26.0 Å². The molecule has 1 aromatic carbocycles. The van der Waals surface area contributed by atoms with E-state index in [0.717, 1.165) is 44.9 Å². The van der Waals surface area contributed by atoms with Crippen LogP contribution in [0.4, 0.5) is 0 Å². The molecule has 5 heteroatoms. The molecule has 3 aromatic rings. The number of nitrogens with zero attached hydrogens (tertiary/aromatic N) is 3. The molecule has 0 radical (unpaired) electrons. The SMILES string of the molecule is COc1cc(C)c(-n2c(C)c(C)c3c(C(C)=O)nc(C)nc32)c(C)c1. The Bertz CT molecular complexity index is 993. The Morgan fingerprint density at radius 2 is 1.64 bits per heavy atom. The number of Topliss-reactive ketones (excluding diaryl/α,β-unsaturated/α-hetero) is 1. The number of aryl methyl sites for hydroxylation is 4. The second kappa shape index (κ2) is 5.99. The summed E-state index contributed by atoms with van der Waals surface area (Å²) < 4.78 is 7.51. The Morgan fingerprint density at radius 3 is 2.16 bits per heavy atom. The van der Waals surface area contributed by atoms with Crippen molar-refractivity contribution in [2.45, 2.75) is 41.5 Å². The number of aromatic nitrogens is 3. The van der Waals surface area contributed by atoms with Gasteiger partial charge in [-0.25, -0.2) is 9.97 Å². The van der Waals surface area contributed by atoms with Gasteiger partial charge < -0.3 is 4.74 Å². The van der Waals surface area contributed by atoms with E-state index in [2.05, 4.69) is 35.3 Å². The van der Waals surface area contributed by atoms with Crippen LogP contribution in [0.3, 0.4) is 0 Å². The fraction of sp³-hybridized carbons (Fsp3) is 0.350. The molecule has 25 heavy (non-hydrogen) atoms. The maximum absolute atomic E-state index is 12.1. The van der Waals surface area contributed by atoms with Crippen LogP contribution in [0.1, 0.15) is 45.6 Å². The van der Waals surface area contributed by atoms with Crippen molar-refractivity contribution < 1.29 is 9.53 Å². The van der Waals surface area contributed by atoms with Crippen molar-refractivity contribution in [2.75, 3.05) is 7.11 Å². The van der Waals surface area contributed by atoms with Gasteiger partial charge in [-0.2, -0.15) is 0 Å². The van der Waals surface area contributed by atoms with Gasteiger partial charge in [0.05, 0.1) is 18.2 Å². The molecule has 0 spiro atoms. The van der Waals surface area contributed by atoms with Crippen LogP contribution in [0.2, 0.25) is 0 Å². The largest absolute Gasteiger partial charge is 0.497 e. The molecule has 2 heterocycles. The van der Waals surface area contributed by atoms with E-state index in [1.54, 1.807) is 14.0 Å². The molecule has 0 amide bonds. The van der Waals surface area contributed by atoms with E-state index in [4.69, 9.17) is 4.74 Å². The third-order valence-electron chi connectivity index (χ3n) is 4.72. The van der Waals surface area contributed by atoms with Gasteiger partial charge in [0.1, 0.15) is 22.9 Å². The molecule has 0 saturated carbocycles. The molecular formula is C20H23N3O2. The number of ketones is 1. The van der Waals surface area contributed by atoms with Crippen LogP contribution in [-0.4, -0.2) is 27.4 Å². The number of hydrogen-bond donors (Lipinski definition) is 0. The zero-order valence-corrected chi connectivity index (χ0v) is 15.8. The first kappa shape index (κ1) is 17.1. The minimum Gasteiger partial charge on any atom is -0.497 e. The molecule has 0 aliphatic rings. The van der Waals surface area contributed by atoms with E-state index < -0.39 is 0 Å². The van der Waals surface area contributed by atoms with Crippen LogP contribution in [0.5, 0.6) is 5.75 Å². The lowest BCUT2D eigenvalue weighted by molar-refractivity contribution is 0.101. The first-order valence-corrected chi connectivity index (χ1v) is 8.29. The van der Waals surface area contributed by atoms with Crippen LogP contribution >= 0.6 is 0 Å². The summed E-state index contributed by atoms with van der Waals surface area (Å²) in [6, 6.07) is 4.03. The van der Waals surface area contributed by atoms with Crippen LogP contribution in [0.15, 0.2) is 12.1 Å². The summed E-state index contributed by atoms with van der Waals surface area (Å²) in [6.07, 6.45) is 0. The molecule has 3 rings (SSSR count). The number of hydrogen-bond acceptors (Lipinski definition) is 4. The molecule has 0 atom stereocenters. The lowest BCUT2D eigenvalue weighted by Gasteiger charge is -2.16. The number of rotatable bonds is 3. The van der Waals surface area contributed by atoms with Crippen LogP contribution in [0.25, 0.3) is 16.7 Å². The van der Waals surface area contributed by atoms with Crippen molar-refractivity contribution in [1.82, 2.24) is 14.5 Å². The number of fused-ring (bicyclic) bond motifs is 1. The highest BCUT2D eigenvalue weighted by molar-refractivity contribution is 6.05. The molecule has 2 aromatic heterocycles. The number of carbonyl (C=O) groups is 1. The fourth-order valence-electron chi connectivity index (χ4n) is 3.49. The molecule has 130 valence electrons. The predicted molar refractivity (Wildman–Crippen MR) is 99.1 cm³/mol. The summed E-state index contributed by atoms with van der Waals surface area (Å²) in [4.78, 5) is 21.2. The Hall–Kier alpha value is -2.69. The first-order chi connectivity index (χ1) is 11.8. The molecule has 0 aliphatic carbocycles. The van der Waals surface area contributed by atoms with Gasteiger partial charge in [-0.15, -0.1) is 0 Å². The molecule has 0 bridgehead atoms. The molecule has 5 nitrogen and oxygen atoms in total. The van der Waals surface area contributed by atoms with Gasteiger partial charge in [0.15, 0.2) is 5.78 Å². The minimum absolute atomic E-state index is 0.0427. The monoisotopic (exact) mass is 337 g/mol. The quantitative estimate of drug-likeness (QED) is 0.673. The van der Waals surface area contributed by atoms with E-state index in [0.29, 0.717) is 11.5 Å². The Kier molecular flexibility index (Phi) is 4.11. The third kappa shape index (κ3) is 2.60. The molecule has 0 aliphatic heterocycles. The highest BCUT2D eigenvalue weighted by Gasteiger charge is 2.22. The zero-order chi connectivity index (χ0) is 18.5. The number of ether oxygens (including phenoxy) is 1. The van der Waals surface area contributed by atoms with Crippen molar-refractivity contribution in [3.05, 3.63) is 46.0 Å². The highest BCUT2D eigenvalue weighted by atomic mass is 16.5. The van der Waals surface area contributed by atoms with Gasteiger partial charge >= 0.3 is 0 Å². The normalized spacial score (nSPS) is 11.2. The smallest absolute Gasteiger partial charge is 0.178 e. The van der Waals surface area contributed by atoms with Crippen molar-refractivity contribution in [3.63, 3.8) is 0 Å². The Balaban J connectivity index is 2.47. The number of methoxy groups -OCH3 is 1. The summed E-state index contributed by atoms with van der Waals surface area (Å²) in [5, 5.41) is 0.838. The summed E-state index contributed by atoms with van der Waals surface area (Å²) in [6.45, 7) is 11.6. The maximum Gasteiger partial charge on any atom is 0.178 e. The van der Waals surface area contributed by atoms with Gasteiger partial charge in [0, 0.05) is 12.6 Å². The van der Waals surface area contributed by atoms with Gasteiger partial charge in [-0.3, -0.25) is 9.36 Å². The third-order valence-corrected chi connectivity index (χ3v) is 4.72. The standard InChI is InChI=1S/C20H23N3O2/c1-10-8-16(25-7)9-11(2)19(10)23-13(4)12(3)17-18(14(5)24)21-15(6)22-20(17)23/h8-9H,1-7H3. The average molecular weight is 337 g/mol. The highest BCUT2D eigenvalue weighted by Crippen LogP contribution is 2.33. The van der Waals surface area contributed by atoms with Gasteiger partial charge in [-0.1, -0.05) is 0 Å². The van der Waals surface area contributed by atoms with E-state index >= 15 is 0 Å². The lowest BCUT2D eigenvalue weighted by Crippen LogP contribution is -2.06. The summed E-state index contributed by atoms with van der Waals surface area (Å²) in [5.41, 5.74) is 6.64. The van der Waals surface area contributed by atoms with E-state index in [9.17, 15) is 4.79 Å². The van der Waals surface area contributed by atoms with Crippen LogP contribution in [-0.2, 0) is 0 Å². The van der Waals surface area contributed by atoms with Crippen LogP contribution in [0, 0.1) is 34.6 Å². The van der Waals surface area contributed by atoms with Gasteiger partial charge in [-0.05, 0) is 63.4 Å².